The maximum Gasteiger partial charge on any atom is 2.00 e. The summed E-state index contributed by atoms with van der Waals surface area (Å²) in [6.45, 7) is -1.00. The minimum absolute atomic E-state index is 0. The molecular weight excluding hydrogens is 216 g/mol. The largest absolute Gasteiger partial charge is 2.00 e. The molecule has 0 aliphatic heterocycles. The zero-order chi connectivity index (χ0) is 5.41. The topological polar surface area (TPSA) is 206 Å². The van der Waals surface area contributed by atoms with Gasteiger partial charge in [-0.3, -0.25) is 0 Å². The maximum absolute atomic E-state index is 8.25. The van der Waals surface area contributed by atoms with Gasteiger partial charge in [-0.25, -0.2) is 0 Å². The van der Waals surface area contributed by atoms with Crippen LogP contribution in [0.3, 0.4) is 0 Å². The summed E-state index contributed by atoms with van der Waals surface area (Å²) in [6, 6.07) is 0. The molecular formula is C2H10CuO8. The van der Waals surface area contributed by atoms with Crippen LogP contribution in [0.15, 0.2) is 0 Å². The zero-order valence-corrected chi connectivity index (χ0v) is 6.03. The molecule has 0 spiro atoms. The Kier molecular flexibility index (Phi) is 2820. The van der Waals surface area contributed by atoms with Crippen LogP contribution in [0.1, 0.15) is 0 Å². The zero-order valence-electron chi connectivity index (χ0n) is 5.09. The smallest absolute Gasteiger partial charge is 0.554 e. The van der Waals surface area contributed by atoms with Gasteiger partial charge in [0.15, 0.2) is 0 Å². The first kappa shape index (κ1) is 81.8. The monoisotopic (exact) mass is 225 g/mol. The Bertz CT molecular complexity index is 33.1. The summed E-state index contributed by atoms with van der Waals surface area (Å²) >= 11 is 0. The van der Waals surface area contributed by atoms with Gasteiger partial charge in [0, 0.05) is 12.9 Å². The summed E-state index contributed by atoms with van der Waals surface area (Å²) < 4.78 is 0. The molecule has 0 aliphatic rings. The van der Waals surface area contributed by atoms with Gasteiger partial charge in [0.1, 0.15) is 0 Å². The predicted molar refractivity (Wildman–Crippen MR) is 26.6 cm³/mol. The van der Waals surface area contributed by atoms with Crippen molar-refractivity contribution in [3.8, 4) is 0 Å². The van der Waals surface area contributed by atoms with E-state index in [0.717, 1.165) is 0 Å². The minimum atomic E-state index is -0.500. The van der Waals surface area contributed by atoms with E-state index in [-0.39, 0.29) is 39.0 Å². The van der Waals surface area contributed by atoms with Gasteiger partial charge >= 0.3 is 17.1 Å². The van der Waals surface area contributed by atoms with Gasteiger partial charge in [-0.2, -0.15) is 0 Å². The van der Waals surface area contributed by atoms with Crippen LogP contribution in [0.5, 0.6) is 0 Å². The van der Waals surface area contributed by atoms with E-state index in [0.29, 0.717) is 0 Å². The van der Waals surface area contributed by atoms with Gasteiger partial charge in [0.2, 0.25) is 0 Å². The summed E-state index contributed by atoms with van der Waals surface area (Å²) in [6.07, 6.45) is 0. The number of rotatable bonds is 0. The van der Waals surface area contributed by atoms with Crippen LogP contribution >= 0.6 is 0 Å². The normalized spacial score (nSPS) is 2.18. The van der Waals surface area contributed by atoms with Crippen LogP contribution < -0.4 is 10.2 Å². The van der Waals surface area contributed by atoms with E-state index in [2.05, 4.69) is 0 Å². The summed E-state index contributed by atoms with van der Waals surface area (Å²) in [5, 5.41) is 16.5. The molecule has 8 nitrogen and oxygen atoms in total. The van der Waals surface area contributed by atoms with Gasteiger partial charge < -0.3 is 41.7 Å². The van der Waals surface area contributed by atoms with Crippen molar-refractivity contribution in [1.82, 2.24) is 0 Å². The predicted octanol–water partition coefficient (Wildman–Crippen LogP) is -6.57. The average molecular weight is 226 g/mol. The summed E-state index contributed by atoms with van der Waals surface area (Å²) in [7, 11) is 0. The molecule has 8 N–H and O–H groups in total. The van der Waals surface area contributed by atoms with Crippen LogP contribution in [0.25, 0.3) is 0 Å². The number of carboxylic acid groups (broad SMARTS) is 2. The van der Waals surface area contributed by atoms with Crippen LogP contribution in [0, 0.1) is 0 Å². The molecule has 0 amide bonds. The van der Waals surface area contributed by atoms with Gasteiger partial charge in [0.25, 0.3) is 0 Å². The average Bonchev–Trinajstić information content (AvgIpc) is 1.39. The Morgan fingerprint density at radius 2 is 0.727 bits per heavy atom. The van der Waals surface area contributed by atoms with E-state index >= 15 is 0 Å². The molecule has 0 rings (SSSR count). The number of hydrogen-bond donors (Lipinski definition) is 0. The van der Waals surface area contributed by atoms with E-state index in [9.17, 15) is 0 Å². The summed E-state index contributed by atoms with van der Waals surface area (Å²) in [5.41, 5.74) is 0. The van der Waals surface area contributed by atoms with Crippen LogP contribution in [-0.4, -0.2) is 34.8 Å². The van der Waals surface area contributed by atoms with Crippen molar-refractivity contribution in [3.05, 3.63) is 0 Å². The molecule has 0 bridgehead atoms. The molecule has 0 saturated heterocycles. The minimum Gasteiger partial charge on any atom is -0.554 e. The van der Waals surface area contributed by atoms with E-state index in [1.54, 1.807) is 0 Å². The molecule has 1 radical (unpaired) electrons. The van der Waals surface area contributed by atoms with Crippen molar-refractivity contribution >= 4 is 12.9 Å². The van der Waals surface area contributed by atoms with E-state index in [1.807, 2.05) is 0 Å². The second-order valence-electron chi connectivity index (χ2n) is 0.192. The van der Waals surface area contributed by atoms with Gasteiger partial charge in [-0.05, 0) is 0 Å². The summed E-state index contributed by atoms with van der Waals surface area (Å²) in [5.74, 6) is 0. The third-order valence-corrected chi connectivity index (χ3v) is 0. The van der Waals surface area contributed by atoms with Gasteiger partial charge in [-0.15, -0.1) is 0 Å². The SMILES string of the molecule is O.O.O.O.O=C[O-].O=C[O-].[Cu+2]. The summed E-state index contributed by atoms with van der Waals surface area (Å²) in [4.78, 5) is 16.5. The Labute approximate surface area is 72.5 Å². The van der Waals surface area contributed by atoms with Crippen LogP contribution in [0.2, 0.25) is 0 Å². The number of carbonyl (C=O) groups is 2. The van der Waals surface area contributed by atoms with Crippen LogP contribution in [-0.2, 0) is 26.7 Å². The quantitative estimate of drug-likeness (QED) is 0.291. The molecule has 0 fully saturated rings. The first-order chi connectivity index (χ1) is 2.83. The maximum atomic E-state index is 8.25. The molecule has 0 aromatic carbocycles. The van der Waals surface area contributed by atoms with Gasteiger partial charge in [-0.1, -0.05) is 0 Å². The standard InChI is InChI=1S/2CH2O2.Cu.4H2O/c2*2-1-3;;;;;/h2*1H,(H,2,3);;4*1H2/q;;+2;;;;/p-2. The fourth-order valence-electron chi connectivity index (χ4n) is 0. The van der Waals surface area contributed by atoms with Crippen molar-refractivity contribution in [2.45, 2.75) is 0 Å². The molecule has 11 heavy (non-hydrogen) atoms. The number of hydrogen-bond acceptors (Lipinski definition) is 4. The van der Waals surface area contributed by atoms with E-state index < -0.39 is 12.9 Å². The van der Waals surface area contributed by atoms with Crippen LogP contribution in [0.4, 0.5) is 0 Å². The molecule has 0 atom stereocenters. The fourth-order valence-corrected chi connectivity index (χ4v) is 0. The second-order valence-corrected chi connectivity index (χ2v) is 0.192. The number of carbonyl (C=O) groups excluding carboxylic acids is 2. The third kappa shape index (κ3) is 1010. The van der Waals surface area contributed by atoms with Gasteiger partial charge in [0.05, 0.1) is 0 Å². The Morgan fingerprint density at radius 3 is 0.727 bits per heavy atom. The molecule has 0 unspecified atom stereocenters. The van der Waals surface area contributed by atoms with E-state index in [4.69, 9.17) is 19.8 Å². The Morgan fingerprint density at radius 1 is 0.727 bits per heavy atom. The third-order valence-electron chi connectivity index (χ3n) is 0. The van der Waals surface area contributed by atoms with Crippen molar-refractivity contribution in [3.63, 3.8) is 0 Å². The van der Waals surface area contributed by atoms with Crippen molar-refractivity contribution in [2.24, 2.45) is 0 Å². The molecule has 0 aromatic rings. The Balaban J connectivity index is -0.00000000400. The van der Waals surface area contributed by atoms with Crippen molar-refractivity contribution < 1.29 is 58.8 Å². The first-order valence-electron chi connectivity index (χ1n) is 0.943. The van der Waals surface area contributed by atoms with Crippen molar-refractivity contribution in [1.29, 1.82) is 0 Å². The molecule has 0 aliphatic carbocycles. The fraction of sp³-hybridized carbons (Fsp3) is 0. The molecule has 0 saturated carbocycles. The van der Waals surface area contributed by atoms with Crippen molar-refractivity contribution in [2.75, 3.05) is 0 Å². The molecule has 9 heteroatoms. The molecule has 0 aromatic heterocycles. The molecule has 0 heterocycles. The van der Waals surface area contributed by atoms with E-state index in [1.165, 1.54) is 0 Å². The Hall–Kier alpha value is -0.701. The second kappa shape index (κ2) is 379. The first-order valence-corrected chi connectivity index (χ1v) is 0.943. The molecule has 77 valence electrons.